The van der Waals surface area contributed by atoms with Crippen LogP contribution >= 0.6 is 11.8 Å². The number of hydrogen-bond donors (Lipinski definition) is 0. The van der Waals surface area contributed by atoms with Gasteiger partial charge in [-0.2, -0.15) is 0 Å². The zero-order valence-electron chi connectivity index (χ0n) is 19.8. The predicted molar refractivity (Wildman–Crippen MR) is 133 cm³/mol. The first-order valence-corrected chi connectivity index (χ1v) is 12.8. The molecule has 0 spiro atoms. The number of morpholine rings is 1. The molecule has 1 aliphatic heterocycles. The summed E-state index contributed by atoms with van der Waals surface area (Å²) >= 11 is 1.41. The normalized spacial score (nSPS) is 14.4. The van der Waals surface area contributed by atoms with Gasteiger partial charge in [-0.3, -0.25) is 9.69 Å². The van der Waals surface area contributed by atoms with Crippen molar-refractivity contribution in [2.75, 3.05) is 38.6 Å². The molecule has 0 aliphatic carbocycles. The van der Waals surface area contributed by atoms with Crippen molar-refractivity contribution in [3.05, 3.63) is 65.0 Å². The second-order valence-electron chi connectivity index (χ2n) is 8.33. The number of nitrogens with zero attached hydrogens (tertiary/aromatic N) is 4. The molecule has 3 aromatic rings. The molecule has 0 radical (unpaired) electrons. The molecule has 34 heavy (non-hydrogen) atoms. The van der Waals surface area contributed by atoms with Crippen LogP contribution in [0.5, 0.6) is 0 Å². The highest BCUT2D eigenvalue weighted by molar-refractivity contribution is 7.99. The van der Waals surface area contributed by atoms with Gasteiger partial charge in [0.25, 0.3) is 0 Å². The van der Waals surface area contributed by atoms with Gasteiger partial charge in [-0.25, -0.2) is 4.39 Å². The molecule has 0 saturated carbocycles. The Morgan fingerprint density at radius 3 is 2.50 bits per heavy atom. The van der Waals surface area contributed by atoms with Crippen LogP contribution < -0.4 is 0 Å². The molecule has 0 N–H and O–H groups in total. The van der Waals surface area contributed by atoms with Crippen LogP contribution in [0.1, 0.15) is 35.3 Å². The molecule has 2 heterocycles. The fourth-order valence-electron chi connectivity index (χ4n) is 4.10. The number of hydrogen-bond acceptors (Lipinski definition) is 6. The van der Waals surface area contributed by atoms with Crippen molar-refractivity contribution in [1.82, 2.24) is 19.7 Å². The molecule has 0 atom stereocenters. The van der Waals surface area contributed by atoms with Gasteiger partial charge in [0.2, 0.25) is 0 Å². The average molecular weight is 483 g/mol. The Bertz CT molecular complexity index is 1110. The van der Waals surface area contributed by atoms with Crippen LogP contribution in [-0.4, -0.2) is 64.0 Å². The number of thioether (sulfide) groups is 1. The molecule has 1 fully saturated rings. The number of Topliss-reactive ketones (excluding diaryl/α,β-unsaturated/α-hetero) is 1. The molecule has 1 saturated heterocycles. The third kappa shape index (κ3) is 5.92. The number of rotatable bonds is 10. The van der Waals surface area contributed by atoms with Gasteiger partial charge in [-0.1, -0.05) is 37.7 Å². The van der Waals surface area contributed by atoms with Crippen molar-refractivity contribution in [2.24, 2.45) is 0 Å². The Morgan fingerprint density at radius 1 is 1.03 bits per heavy atom. The smallest absolute Gasteiger partial charge is 0.191 e. The number of aromatic nitrogens is 3. The van der Waals surface area contributed by atoms with Crippen LogP contribution in [-0.2, 0) is 24.1 Å². The van der Waals surface area contributed by atoms with Gasteiger partial charge in [0, 0.05) is 37.3 Å². The van der Waals surface area contributed by atoms with Gasteiger partial charge in [-0.05, 0) is 54.3 Å². The summed E-state index contributed by atoms with van der Waals surface area (Å²) in [5.74, 6) is 0.789. The molecule has 6 nitrogen and oxygen atoms in total. The van der Waals surface area contributed by atoms with E-state index in [9.17, 15) is 9.18 Å². The SMILES string of the molecule is CCc1ccc(CC)c(C(=O)CSc2nnc(-c3ccc(F)cc3)n2CCN2CCOCC2)c1. The number of carbonyl (C=O) groups excluding carboxylic acids is 1. The highest BCUT2D eigenvalue weighted by Gasteiger charge is 2.19. The first-order chi connectivity index (χ1) is 16.6. The van der Waals surface area contributed by atoms with Crippen LogP contribution in [0, 0.1) is 5.82 Å². The average Bonchev–Trinajstić information content (AvgIpc) is 3.29. The summed E-state index contributed by atoms with van der Waals surface area (Å²) in [5.41, 5.74) is 3.84. The largest absolute Gasteiger partial charge is 0.379 e. The zero-order chi connectivity index (χ0) is 23.9. The fraction of sp³-hybridized carbons (Fsp3) is 0.423. The van der Waals surface area contributed by atoms with E-state index in [-0.39, 0.29) is 11.6 Å². The van der Waals surface area contributed by atoms with Crippen LogP contribution in [0.25, 0.3) is 11.4 Å². The minimum atomic E-state index is -0.288. The molecular weight excluding hydrogens is 451 g/mol. The molecular formula is C26H31FN4O2S. The molecule has 0 unspecified atom stereocenters. The summed E-state index contributed by atoms with van der Waals surface area (Å²) in [6, 6.07) is 12.5. The van der Waals surface area contributed by atoms with Crippen molar-refractivity contribution >= 4 is 17.5 Å². The number of ketones is 1. The van der Waals surface area contributed by atoms with E-state index in [0.717, 1.165) is 67.9 Å². The highest BCUT2D eigenvalue weighted by atomic mass is 32.2. The Morgan fingerprint density at radius 2 is 1.79 bits per heavy atom. The fourth-order valence-corrected chi connectivity index (χ4v) is 4.94. The summed E-state index contributed by atoms with van der Waals surface area (Å²) in [6.07, 6.45) is 1.72. The highest BCUT2D eigenvalue weighted by Crippen LogP contribution is 2.26. The molecule has 1 aliphatic rings. The number of carbonyl (C=O) groups is 1. The van der Waals surface area contributed by atoms with E-state index in [1.807, 2.05) is 10.6 Å². The van der Waals surface area contributed by atoms with Gasteiger partial charge in [-0.15, -0.1) is 10.2 Å². The second-order valence-corrected chi connectivity index (χ2v) is 9.27. The molecule has 0 amide bonds. The second kappa shape index (κ2) is 11.7. The minimum absolute atomic E-state index is 0.100. The maximum Gasteiger partial charge on any atom is 0.191 e. The molecule has 180 valence electrons. The van der Waals surface area contributed by atoms with Gasteiger partial charge < -0.3 is 9.30 Å². The van der Waals surface area contributed by atoms with E-state index in [2.05, 4.69) is 41.1 Å². The number of benzene rings is 2. The minimum Gasteiger partial charge on any atom is -0.379 e. The standard InChI is InChI=1S/C26H31FN4O2S/c1-3-19-5-6-20(4-2)23(17-19)24(32)18-34-26-29-28-25(21-7-9-22(27)10-8-21)31(26)12-11-30-13-15-33-16-14-30/h5-10,17H,3-4,11-16,18H2,1-2H3. The number of halogens is 1. The van der Waals surface area contributed by atoms with E-state index in [0.29, 0.717) is 23.3 Å². The lowest BCUT2D eigenvalue weighted by molar-refractivity contribution is 0.0361. The molecule has 2 aromatic carbocycles. The van der Waals surface area contributed by atoms with Crippen LogP contribution in [0.15, 0.2) is 47.6 Å². The summed E-state index contributed by atoms with van der Waals surface area (Å²) < 4.78 is 21.0. The summed E-state index contributed by atoms with van der Waals surface area (Å²) in [4.78, 5) is 15.5. The van der Waals surface area contributed by atoms with Crippen molar-refractivity contribution in [1.29, 1.82) is 0 Å². The summed E-state index contributed by atoms with van der Waals surface area (Å²) in [6.45, 7) is 8.93. The van der Waals surface area contributed by atoms with Crippen molar-refractivity contribution in [2.45, 2.75) is 38.4 Å². The molecule has 1 aromatic heterocycles. The monoisotopic (exact) mass is 482 g/mol. The Balaban J connectivity index is 1.54. The number of ether oxygens (including phenoxy) is 1. The Labute approximate surface area is 204 Å². The predicted octanol–water partition coefficient (Wildman–Crippen LogP) is 4.52. The maximum atomic E-state index is 13.5. The first-order valence-electron chi connectivity index (χ1n) is 11.9. The van der Waals surface area contributed by atoms with E-state index >= 15 is 0 Å². The van der Waals surface area contributed by atoms with Gasteiger partial charge in [0.1, 0.15) is 5.82 Å². The van der Waals surface area contributed by atoms with Crippen LogP contribution in [0.4, 0.5) is 4.39 Å². The van der Waals surface area contributed by atoms with E-state index < -0.39 is 0 Å². The maximum absolute atomic E-state index is 13.5. The van der Waals surface area contributed by atoms with Gasteiger partial charge in [0.15, 0.2) is 16.8 Å². The Hall–Kier alpha value is -2.55. The third-order valence-electron chi connectivity index (χ3n) is 6.16. The topological polar surface area (TPSA) is 60.2 Å². The van der Waals surface area contributed by atoms with Crippen molar-refractivity contribution < 1.29 is 13.9 Å². The van der Waals surface area contributed by atoms with Crippen molar-refractivity contribution in [3.8, 4) is 11.4 Å². The first kappa shape index (κ1) is 24.6. The number of aryl methyl sites for hydroxylation is 2. The lowest BCUT2D eigenvalue weighted by atomic mass is 9.98. The van der Waals surface area contributed by atoms with Gasteiger partial charge >= 0.3 is 0 Å². The van der Waals surface area contributed by atoms with Crippen molar-refractivity contribution in [3.63, 3.8) is 0 Å². The molecule has 8 heteroatoms. The van der Waals surface area contributed by atoms with Gasteiger partial charge in [0.05, 0.1) is 19.0 Å². The summed E-state index contributed by atoms with van der Waals surface area (Å²) in [7, 11) is 0. The Kier molecular flexibility index (Phi) is 8.48. The van der Waals surface area contributed by atoms with Crippen LogP contribution in [0.2, 0.25) is 0 Å². The van der Waals surface area contributed by atoms with E-state index in [1.165, 1.54) is 23.9 Å². The third-order valence-corrected chi connectivity index (χ3v) is 7.13. The lowest BCUT2D eigenvalue weighted by Crippen LogP contribution is -2.38. The van der Waals surface area contributed by atoms with Crippen LogP contribution in [0.3, 0.4) is 0 Å². The lowest BCUT2D eigenvalue weighted by Gasteiger charge is -2.27. The van der Waals surface area contributed by atoms with E-state index in [4.69, 9.17) is 4.74 Å². The van der Waals surface area contributed by atoms with E-state index in [1.54, 1.807) is 12.1 Å². The molecule has 0 bridgehead atoms. The zero-order valence-corrected chi connectivity index (χ0v) is 20.6. The molecule has 4 rings (SSSR count). The quantitative estimate of drug-likeness (QED) is 0.313. The summed E-state index contributed by atoms with van der Waals surface area (Å²) in [5, 5.41) is 9.51.